The van der Waals surface area contributed by atoms with Crippen LogP contribution in [0.15, 0.2) is 60.7 Å². The first-order valence-corrected chi connectivity index (χ1v) is 12.1. The van der Waals surface area contributed by atoms with Crippen molar-refractivity contribution in [2.75, 3.05) is 44.3 Å². The average molecular weight is 437 g/mol. The molecular weight excluding hydrogens is 400 g/mol. The van der Waals surface area contributed by atoms with Crippen LogP contribution in [0.5, 0.6) is 5.75 Å². The Labute approximate surface area is 192 Å². The molecule has 2 heterocycles. The van der Waals surface area contributed by atoms with Crippen LogP contribution in [0.2, 0.25) is 0 Å². The number of piperidine rings is 2. The van der Waals surface area contributed by atoms with Crippen LogP contribution in [0.4, 0.5) is 5.69 Å². The van der Waals surface area contributed by atoms with E-state index >= 15 is 0 Å². The number of carbonyl (C=O) groups excluding carboxylic acids is 1. The van der Waals surface area contributed by atoms with Gasteiger partial charge in [0.15, 0.2) is 0 Å². The van der Waals surface area contributed by atoms with Gasteiger partial charge in [0.1, 0.15) is 5.75 Å². The van der Waals surface area contributed by atoms with Gasteiger partial charge in [-0.1, -0.05) is 36.4 Å². The van der Waals surface area contributed by atoms with Gasteiger partial charge in [0.25, 0.3) is 0 Å². The highest BCUT2D eigenvalue weighted by atomic mass is 16.5. The summed E-state index contributed by atoms with van der Waals surface area (Å²) in [6, 6.07) is 21.1. The standard InChI is InChI=1S/C27H36N2O3/c1-2-31-26(30)27(17-22-32-25-11-7-4-8-12-25)15-20-29(21-16-27)24-13-18-28(19-14-24)23-9-5-3-6-10-23/h3-12,24H,2,13-22H2,1H3. The van der Waals surface area contributed by atoms with Crippen molar-refractivity contribution in [3.05, 3.63) is 60.7 Å². The van der Waals surface area contributed by atoms with E-state index in [0.717, 1.165) is 44.8 Å². The summed E-state index contributed by atoms with van der Waals surface area (Å²) in [5.41, 5.74) is 0.899. The first-order chi connectivity index (χ1) is 15.7. The molecule has 0 N–H and O–H groups in total. The molecule has 172 valence electrons. The zero-order valence-electron chi connectivity index (χ0n) is 19.2. The van der Waals surface area contributed by atoms with E-state index in [1.165, 1.54) is 18.5 Å². The summed E-state index contributed by atoms with van der Waals surface area (Å²) in [6.07, 6.45) is 4.77. The van der Waals surface area contributed by atoms with Crippen molar-refractivity contribution in [2.24, 2.45) is 5.41 Å². The van der Waals surface area contributed by atoms with Crippen LogP contribution < -0.4 is 9.64 Å². The number of ether oxygens (including phenoxy) is 2. The molecule has 2 aliphatic rings. The molecule has 2 fully saturated rings. The van der Waals surface area contributed by atoms with E-state index in [1.807, 2.05) is 37.3 Å². The van der Waals surface area contributed by atoms with Gasteiger partial charge in [-0.2, -0.15) is 0 Å². The Bertz CT molecular complexity index is 826. The fraction of sp³-hybridized carbons (Fsp3) is 0.519. The van der Waals surface area contributed by atoms with Crippen molar-refractivity contribution in [1.82, 2.24) is 4.90 Å². The Morgan fingerprint density at radius 1 is 0.938 bits per heavy atom. The van der Waals surface area contributed by atoms with Gasteiger partial charge in [0, 0.05) is 24.8 Å². The van der Waals surface area contributed by atoms with Gasteiger partial charge >= 0.3 is 5.97 Å². The van der Waals surface area contributed by atoms with Gasteiger partial charge in [0.2, 0.25) is 0 Å². The first-order valence-electron chi connectivity index (χ1n) is 12.1. The molecule has 2 saturated heterocycles. The molecule has 5 heteroatoms. The summed E-state index contributed by atoms with van der Waals surface area (Å²) < 4.78 is 11.4. The minimum absolute atomic E-state index is 0.0461. The van der Waals surface area contributed by atoms with E-state index in [1.54, 1.807) is 0 Å². The largest absolute Gasteiger partial charge is 0.494 e. The van der Waals surface area contributed by atoms with Crippen molar-refractivity contribution in [3.8, 4) is 5.75 Å². The molecule has 0 bridgehead atoms. The zero-order valence-corrected chi connectivity index (χ0v) is 19.2. The molecule has 0 amide bonds. The third-order valence-electron chi connectivity index (χ3n) is 7.16. The molecule has 0 aliphatic carbocycles. The van der Waals surface area contributed by atoms with E-state index < -0.39 is 5.41 Å². The minimum Gasteiger partial charge on any atom is -0.494 e. The van der Waals surface area contributed by atoms with Gasteiger partial charge in [-0.15, -0.1) is 0 Å². The lowest BCUT2D eigenvalue weighted by Crippen LogP contribution is -2.52. The molecule has 2 aromatic rings. The fourth-order valence-corrected chi connectivity index (χ4v) is 5.17. The topological polar surface area (TPSA) is 42.0 Å². The maximum absolute atomic E-state index is 12.9. The van der Waals surface area contributed by atoms with Crippen LogP contribution in [-0.2, 0) is 9.53 Å². The Morgan fingerprint density at radius 3 is 2.19 bits per heavy atom. The molecule has 4 rings (SSSR count). The minimum atomic E-state index is -0.425. The smallest absolute Gasteiger partial charge is 0.312 e. The average Bonchev–Trinajstić information content (AvgIpc) is 2.86. The van der Waals surface area contributed by atoms with E-state index in [9.17, 15) is 4.79 Å². The number of hydrogen-bond donors (Lipinski definition) is 0. The second-order valence-electron chi connectivity index (χ2n) is 9.00. The number of nitrogens with zero attached hydrogens (tertiary/aromatic N) is 2. The summed E-state index contributed by atoms with van der Waals surface area (Å²) in [7, 11) is 0. The van der Waals surface area contributed by atoms with Gasteiger partial charge in [-0.05, 0) is 76.4 Å². The summed E-state index contributed by atoms with van der Waals surface area (Å²) in [6.45, 7) is 6.97. The highest BCUT2D eigenvalue weighted by Crippen LogP contribution is 2.38. The maximum Gasteiger partial charge on any atom is 0.312 e. The number of rotatable bonds is 8. The van der Waals surface area contributed by atoms with Gasteiger partial charge in [-0.3, -0.25) is 4.79 Å². The Hall–Kier alpha value is -2.53. The molecule has 2 aliphatic heterocycles. The zero-order chi connectivity index (χ0) is 22.2. The summed E-state index contributed by atoms with van der Waals surface area (Å²) >= 11 is 0. The van der Waals surface area contributed by atoms with Crippen LogP contribution in [0.3, 0.4) is 0 Å². The molecule has 0 saturated carbocycles. The number of esters is 1. The predicted octanol–water partition coefficient (Wildman–Crippen LogP) is 4.77. The quantitative estimate of drug-likeness (QED) is 0.558. The monoisotopic (exact) mass is 436 g/mol. The third-order valence-corrected chi connectivity index (χ3v) is 7.16. The predicted molar refractivity (Wildman–Crippen MR) is 128 cm³/mol. The normalized spacial score (nSPS) is 19.5. The molecule has 0 spiro atoms. The van der Waals surface area contributed by atoms with E-state index in [0.29, 0.717) is 25.7 Å². The number of hydrogen-bond acceptors (Lipinski definition) is 5. The molecule has 0 aromatic heterocycles. The molecule has 5 nitrogen and oxygen atoms in total. The van der Waals surface area contributed by atoms with Crippen molar-refractivity contribution in [2.45, 2.75) is 45.1 Å². The van der Waals surface area contributed by atoms with Crippen LogP contribution in [0.1, 0.15) is 39.0 Å². The van der Waals surface area contributed by atoms with Crippen molar-refractivity contribution in [1.29, 1.82) is 0 Å². The molecule has 0 unspecified atom stereocenters. The summed E-state index contributed by atoms with van der Waals surface area (Å²) in [5, 5.41) is 0. The number of benzene rings is 2. The lowest BCUT2D eigenvalue weighted by Gasteiger charge is -2.45. The number of carbonyl (C=O) groups is 1. The second-order valence-corrected chi connectivity index (χ2v) is 9.00. The van der Waals surface area contributed by atoms with Crippen LogP contribution in [0.25, 0.3) is 0 Å². The molecule has 0 radical (unpaired) electrons. The third kappa shape index (κ3) is 5.44. The maximum atomic E-state index is 12.9. The Kier molecular flexibility index (Phi) is 7.69. The number of likely N-dealkylation sites (tertiary alicyclic amines) is 1. The number of anilines is 1. The molecule has 32 heavy (non-hydrogen) atoms. The highest BCUT2D eigenvalue weighted by Gasteiger charge is 2.43. The Balaban J connectivity index is 1.30. The van der Waals surface area contributed by atoms with Gasteiger partial charge in [0.05, 0.1) is 18.6 Å². The highest BCUT2D eigenvalue weighted by molar-refractivity contribution is 5.77. The lowest BCUT2D eigenvalue weighted by molar-refractivity contribution is -0.160. The van der Waals surface area contributed by atoms with Crippen LogP contribution in [-0.4, -0.2) is 56.3 Å². The second kappa shape index (κ2) is 10.9. The lowest BCUT2D eigenvalue weighted by atomic mass is 9.75. The van der Waals surface area contributed by atoms with E-state index in [2.05, 4.69) is 40.1 Å². The summed E-state index contributed by atoms with van der Waals surface area (Å²) in [5.74, 6) is 0.810. The molecule has 0 atom stereocenters. The van der Waals surface area contributed by atoms with Gasteiger partial charge in [-0.25, -0.2) is 0 Å². The number of para-hydroxylation sites is 2. The fourth-order valence-electron chi connectivity index (χ4n) is 5.17. The molecule has 2 aromatic carbocycles. The first kappa shape index (κ1) is 22.7. The SMILES string of the molecule is CCOC(=O)C1(CCOc2ccccc2)CCN(C2CCN(c3ccccc3)CC2)CC1. The Morgan fingerprint density at radius 2 is 1.56 bits per heavy atom. The summed E-state index contributed by atoms with van der Waals surface area (Å²) in [4.78, 5) is 18.0. The van der Waals surface area contributed by atoms with Gasteiger partial charge < -0.3 is 19.3 Å². The van der Waals surface area contributed by atoms with E-state index in [-0.39, 0.29) is 5.97 Å². The van der Waals surface area contributed by atoms with Crippen LogP contribution in [0, 0.1) is 5.41 Å². The van der Waals surface area contributed by atoms with E-state index in [4.69, 9.17) is 9.47 Å². The van der Waals surface area contributed by atoms with Crippen LogP contribution >= 0.6 is 0 Å². The van der Waals surface area contributed by atoms with Crippen molar-refractivity contribution < 1.29 is 14.3 Å². The van der Waals surface area contributed by atoms with Crippen molar-refractivity contribution >= 4 is 11.7 Å². The van der Waals surface area contributed by atoms with Crippen molar-refractivity contribution in [3.63, 3.8) is 0 Å². The molecular formula is C27H36N2O3.